The number of piperidine rings is 1. The molecule has 1 saturated heterocycles. The number of benzene rings is 2. The minimum Gasteiger partial charge on any atom is -0.341 e. The van der Waals surface area contributed by atoms with Crippen molar-refractivity contribution in [2.45, 2.75) is 19.3 Å². The van der Waals surface area contributed by atoms with Crippen LogP contribution in [0.1, 0.15) is 24.8 Å². The van der Waals surface area contributed by atoms with E-state index in [2.05, 4.69) is 35.7 Å². The number of halogens is 1. The van der Waals surface area contributed by atoms with Gasteiger partial charge in [-0.1, -0.05) is 30.3 Å². The zero-order valence-corrected chi connectivity index (χ0v) is 15.9. The zero-order chi connectivity index (χ0) is 19.9. The van der Waals surface area contributed by atoms with Crippen LogP contribution in [0, 0.1) is 5.82 Å². The Morgan fingerprint density at radius 3 is 2.34 bits per heavy atom. The minimum absolute atomic E-state index is 0.294. The second-order valence-electron chi connectivity index (χ2n) is 6.74. The highest BCUT2D eigenvalue weighted by atomic mass is 19.1. The molecule has 3 aromatic rings. The van der Waals surface area contributed by atoms with E-state index in [1.54, 1.807) is 18.3 Å². The summed E-state index contributed by atoms with van der Waals surface area (Å²) in [6.45, 7) is 1.82. The van der Waals surface area contributed by atoms with Crippen molar-refractivity contribution in [2.75, 3.05) is 28.7 Å². The van der Waals surface area contributed by atoms with Gasteiger partial charge in [0, 0.05) is 18.8 Å². The smallest absolute Gasteiger partial charge is 0.250 e. The fourth-order valence-electron chi connectivity index (χ4n) is 3.07. The molecule has 0 aliphatic carbocycles. The van der Waals surface area contributed by atoms with Gasteiger partial charge in [-0.3, -0.25) is 0 Å². The topological polar surface area (TPSA) is 78.3 Å². The Morgan fingerprint density at radius 1 is 0.862 bits per heavy atom. The monoisotopic (exact) mass is 391 g/mol. The summed E-state index contributed by atoms with van der Waals surface area (Å²) in [5.74, 6) is 1.03. The van der Waals surface area contributed by atoms with Crippen LogP contribution in [0.15, 0.2) is 59.7 Å². The zero-order valence-electron chi connectivity index (χ0n) is 15.9. The first kappa shape index (κ1) is 18.8. The lowest BCUT2D eigenvalue weighted by Crippen LogP contribution is -2.31. The third kappa shape index (κ3) is 5.25. The molecule has 0 spiro atoms. The Labute approximate surface area is 168 Å². The van der Waals surface area contributed by atoms with Crippen molar-refractivity contribution >= 4 is 29.7 Å². The quantitative estimate of drug-likeness (QED) is 0.485. The van der Waals surface area contributed by atoms with Crippen LogP contribution in [0.25, 0.3) is 0 Å². The standard InChI is InChI=1S/C21H22FN7/c22-17-9-11-18(12-10-17)24-19-25-20(28-23-15-16-7-3-1-4-8-16)27-21(26-19)29-13-5-2-6-14-29/h1,3-4,7-12,15H,2,5-6,13-14H2,(H2,24,25,26,27,28)/b23-15+. The summed E-state index contributed by atoms with van der Waals surface area (Å²) in [7, 11) is 0. The molecule has 1 aromatic heterocycles. The van der Waals surface area contributed by atoms with E-state index >= 15 is 0 Å². The average Bonchev–Trinajstić information content (AvgIpc) is 2.77. The fourth-order valence-corrected chi connectivity index (χ4v) is 3.07. The van der Waals surface area contributed by atoms with Crippen molar-refractivity contribution in [3.05, 3.63) is 66.0 Å². The van der Waals surface area contributed by atoms with Gasteiger partial charge >= 0.3 is 0 Å². The Kier molecular flexibility index (Phi) is 5.89. The maximum atomic E-state index is 13.2. The average molecular weight is 391 g/mol. The van der Waals surface area contributed by atoms with E-state index in [0.29, 0.717) is 23.5 Å². The Hall–Kier alpha value is -3.55. The molecular weight excluding hydrogens is 369 g/mol. The fraction of sp³-hybridized carbons (Fsp3) is 0.238. The number of rotatable bonds is 6. The van der Waals surface area contributed by atoms with Crippen LogP contribution in [-0.4, -0.2) is 34.3 Å². The van der Waals surface area contributed by atoms with Crippen LogP contribution in [0.5, 0.6) is 0 Å². The first-order valence-electron chi connectivity index (χ1n) is 9.64. The number of anilines is 4. The summed E-state index contributed by atoms with van der Waals surface area (Å²) in [5, 5.41) is 7.35. The van der Waals surface area contributed by atoms with Crippen molar-refractivity contribution in [2.24, 2.45) is 5.10 Å². The maximum Gasteiger partial charge on any atom is 0.250 e. The Bertz CT molecular complexity index is 955. The summed E-state index contributed by atoms with van der Waals surface area (Å²) < 4.78 is 13.2. The second-order valence-corrected chi connectivity index (χ2v) is 6.74. The van der Waals surface area contributed by atoms with E-state index in [4.69, 9.17) is 0 Å². The molecule has 2 N–H and O–H groups in total. The predicted octanol–water partition coefficient (Wildman–Crippen LogP) is 4.19. The second kappa shape index (κ2) is 9.09. The van der Waals surface area contributed by atoms with Gasteiger partial charge in [-0.2, -0.15) is 20.1 Å². The summed E-state index contributed by atoms with van der Waals surface area (Å²) >= 11 is 0. The molecule has 2 heterocycles. The van der Waals surface area contributed by atoms with E-state index < -0.39 is 0 Å². The lowest BCUT2D eigenvalue weighted by molar-refractivity contribution is 0.568. The van der Waals surface area contributed by atoms with Gasteiger partial charge in [0.15, 0.2) is 0 Å². The van der Waals surface area contributed by atoms with Gasteiger partial charge in [-0.05, 0) is 49.1 Å². The van der Waals surface area contributed by atoms with Crippen molar-refractivity contribution in [3.8, 4) is 0 Å². The molecule has 1 fully saturated rings. The van der Waals surface area contributed by atoms with Gasteiger partial charge in [-0.15, -0.1) is 0 Å². The summed E-state index contributed by atoms with van der Waals surface area (Å²) in [4.78, 5) is 15.6. The number of hydrogen-bond donors (Lipinski definition) is 2. The van der Waals surface area contributed by atoms with Crippen LogP contribution in [0.4, 0.5) is 27.9 Å². The van der Waals surface area contributed by atoms with Crippen molar-refractivity contribution in [3.63, 3.8) is 0 Å². The number of aromatic nitrogens is 3. The van der Waals surface area contributed by atoms with Gasteiger partial charge < -0.3 is 10.2 Å². The Morgan fingerprint density at radius 2 is 1.59 bits per heavy atom. The first-order valence-corrected chi connectivity index (χ1v) is 9.64. The van der Waals surface area contributed by atoms with Crippen molar-refractivity contribution in [1.82, 2.24) is 15.0 Å². The predicted molar refractivity (Wildman–Crippen MR) is 113 cm³/mol. The molecule has 148 valence electrons. The van der Waals surface area contributed by atoms with E-state index in [1.165, 1.54) is 18.6 Å². The molecule has 1 aliphatic rings. The van der Waals surface area contributed by atoms with E-state index in [0.717, 1.165) is 31.5 Å². The molecule has 2 aromatic carbocycles. The molecule has 0 saturated carbocycles. The molecule has 0 amide bonds. The largest absolute Gasteiger partial charge is 0.341 e. The van der Waals surface area contributed by atoms with Gasteiger partial charge in [-0.25, -0.2) is 9.82 Å². The van der Waals surface area contributed by atoms with E-state index in [-0.39, 0.29) is 5.82 Å². The molecule has 0 atom stereocenters. The molecule has 0 unspecified atom stereocenters. The third-order valence-electron chi connectivity index (χ3n) is 4.54. The molecule has 8 heteroatoms. The number of hydrogen-bond acceptors (Lipinski definition) is 7. The SMILES string of the molecule is Fc1ccc(Nc2nc(N/N=C/c3ccccc3)nc(N3CCCCC3)n2)cc1. The van der Waals surface area contributed by atoms with Crippen LogP contribution >= 0.6 is 0 Å². The molecule has 1 aliphatic heterocycles. The highest BCUT2D eigenvalue weighted by molar-refractivity contribution is 5.79. The first-order chi connectivity index (χ1) is 14.3. The number of nitrogens with zero attached hydrogens (tertiary/aromatic N) is 5. The van der Waals surface area contributed by atoms with Gasteiger partial charge in [0.1, 0.15) is 5.82 Å². The molecule has 0 bridgehead atoms. The van der Waals surface area contributed by atoms with E-state index in [1.807, 2.05) is 30.3 Å². The summed E-state index contributed by atoms with van der Waals surface area (Å²) in [6, 6.07) is 15.8. The third-order valence-corrected chi connectivity index (χ3v) is 4.54. The lowest BCUT2D eigenvalue weighted by atomic mass is 10.1. The molecule has 29 heavy (non-hydrogen) atoms. The molecule has 0 radical (unpaired) electrons. The molecular formula is C21H22FN7. The van der Waals surface area contributed by atoms with Crippen molar-refractivity contribution in [1.29, 1.82) is 0 Å². The van der Waals surface area contributed by atoms with Gasteiger partial charge in [0.25, 0.3) is 0 Å². The maximum absolute atomic E-state index is 13.2. The number of nitrogens with one attached hydrogen (secondary N) is 2. The minimum atomic E-state index is -0.294. The van der Waals surface area contributed by atoms with Crippen LogP contribution in [-0.2, 0) is 0 Å². The van der Waals surface area contributed by atoms with Crippen LogP contribution in [0.3, 0.4) is 0 Å². The highest BCUT2D eigenvalue weighted by Crippen LogP contribution is 2.21. The molecule has 4 rings (SSSR count). The van der Waals surface area contributed by atoms with Crippen LogP contribution < -0.4 is 15.6 Å². The van der Waals surface area contributed by atoms with Crippen LogP contribution in [0.2, 0.25) is 0 Å². The van der Waals surface area contributed by atoms with Crippen molar-refractivity contribution < 1.29 is 4.39 Å². The van der Waals surface area contributed by atoms with E-state index in [9.17, 15) is 4.39 Å². The Balaban J connectivity index is 1.56. The summed E-state index contributed by atoms with van der Waals surface area (Å²) in [5.41, 5.74) is 4.55. The lowest BCUT2D eigenvalue weighted by Gasteiger charge is -2.26. The molecule has 7 nitrogen and oxygen atoms in total. The number of hydrazone groups is 1. The summed E-state index contributed by atoms with van der Waals surface area (Å²) in [6.07, 6.45) is 5.15. The van der Waals surface area contributed by atoms with Gasteiger partial charge in [0.2, 0.25) is 17.8 Å². The highest BCUT2D eigenvalue weighted by Gasteiger charge is 2.16. The normalized spacial score (nSPS) is 14.2. The van der Waals surface area contributed by atoms with Gasteiger partial charge in [0.05, 0.1) is 6.21 Å².